The van der Waals surface area contributed by atoms with Gasteiger partial charge in [0.15, 0.2) is 5.16 Å². The van der Waals surface area contributed by atoms with Crippen molar-refractivity contribution in [2.75, 3.05) is 13.7 Å². The van der Waals surface area contributed by atoms with Crippen LogP contribution in [0.5, 0.6) is 5.75 Å². The van der Waals surface area contributed by atoms with Crippen molar-refractivity contribution in [3.63, 3.8) is 0 Å². The monoisotopic (exact) mass is 398 g/mol. The van der Waals surface area contributed by atoms with Crippen molar-refractivity contribution in [2.24, 2.45) is 0 Å². The summed E-state index contributed by atoms with van der Waals surface area (Å²) in [4.78, 5) is 30.1. The first-order valence-corrected chi connectivity index (χ1v) is 9.96. The van der Waals surface area contributed by atoms with Gasteiger partial charge in [-0.15, -0.1) is 0 Å². The molecule has 1 atom stereocenters. The maximum atomic E-state index is 13.3. The maximum absolute atomic E-state index is 13.3. The number of thioether (sulfide) groups is 1. The van der Waals surface area contributed by atoms with Crippen LogP contribution in [0, 0.1) is 0 Å². The molecule has 1 heterocycles. The Morgan fingerprint density at radius 1 is 1.18 bits per heavy atom. The number of carbonyl (C=O) groups excluding carboxylic acids is 1. The predicted octanol–water partition coefficient (Wildman–Crippen LogP) is 3.83. The van der Waals surface area contributed by atoms with Crippen molar-refractivity contribution < 1.29 is 14.3 Å². The van der Waals surface area contributed by atoms with Gasteiger partial charge in [-0.05, 0) is 37.6 Å². The molecule has 7 heteroatoms. The fourth-order valence-electron chi connectivity index (χ4n) is 2.85. The smallest absolute Gasteiger partial charge is 0.319 e. The van der Waals surface area contributed by atoms with Crippen molar-refractivity contribution >= 4 is 28.6 Å². The summed E-state index contributed by atoms with van der Waals surface area (Å²) in [5, 5.41) is 0.494. The number of methoxy groups -OCH3 is 1. The number of hydrogen-bond acceptors (Lipinski definition) is 6. The van der Waals surface area contributed by atoms with Gasteiger partial charge in [-0.1, -0.05) is 36.9 Å². The number of ether oxygens (including phenoxy) is 2. The van der Waals surface area contributed by atoms with E-state index in [0.717, 1.165) is 0 Å². The highest BCUT2D eigenvalue weighted by Crippen LogP contribution is 2.28. The van der Waals surface area contributed by atoms with E-state index in [1.54, 1.807) is 18.2 Å². The number of rotatable bonds is 7. The van der Waals surface area contributed by atoms with Crippen LogP contribution in [0.3, 0.4) is 0 Å². The Labute approximate surface area is 167 Å². The summed E-state index contributed by atoms with van der Waals surface area (Å²) in [7, 11) is 1.36. The minimum absolute atomic E-state index is 0.193. The van der Waals surface area contributed by atoms with Gasteiger partial charge in [0.05, 0.1) is 30.3 Å². The molecule has 0 radical (unpaired) electrons. The molecule has 0 saturated heterocycles. The topological polar surface area (TPSA) is 70.4 Å². The first-order chi connectivity index (χ1) is 13.6. The average Bonchev–Trinajstić information content (AvgIpc) is 2.72. The van der Waals surface area contributed by atoms with Gasteiger partial charge in [-0.25, -0.2) is 4.98 Å². The zero-order chi connectivity index (χ0) is 20.1. The molecule has 0 fully saturated rings. The largest absolute Gasteiger partial charge is 0.494 e. The minimum Gasteiger partial charge on any atom is -0.494 e. The van der Waals surface area contributed by atoms with Crippen molar-refractivity contribution in [1.29, 1.82) is 0 Å². The molecule has 3 aromatic rings. The summed E-state index contributed by atoms with van der Waals surface area (Å²) in [5.74, 6) is 0.320. The number of para-hydroxylation sites is 1. The first kappa shape index (κ1) is 19.9. The van der Waals surface area contributed by atoms with E-state index in [4.69, 9.17) is 9.47 Å². The van der Waals surface area contributed by atoms with Gasteiger partial charge < -0.3 is 9.47 Å². The second-order valence-corrected chi connectivity index (χ2v) is 7.19. The van der Waals surface area contributed by atoms with Crippen molar-refractivity contribution in [2.45, 2.75) is 30.7 Å². The molecule has 0 aliphatic carbocycles. The van der Waals surface area contributed by atoms with Gasteiger partial charge in [-0.3, -0.25) is 14.2 Å². The van der Waals surface area contributed by atoms with Crippen LogP contribution in [-0.2, 0) is 9.53 Å². The molecule has 0 amide bonds. The number of nitrogens with zero attached hydrogens (tertiary/aromatic N) is 2. The normalized spacial score (nSPS) is 12.0. The fourth-order valence-corrected chi connectivity index (χ4v) is 3.91. The number of carbonyl (C=O) groups is 1. The van der Waals surface area contributed by atoms with E-state index in [1.807, 2.05) is 44.2 Å². The molecule has 0 aliphatic heterocycles. The summed E-state index contributed by atoms with van der Waals surface area (Å²) >= 11 is 1.23. The third-order valence-electron chi connectivity index (χ3n) is 4.21. The van der Waals surface area contributed by atoms with Gasteiger partial charge in [-0.2, -0.15) is 0 Å². The number of hydrogen-bond donors (Lipinski definition) is 0. The van der Waals surface area contributed by atoms with Gasteiger partial charge in [0.1, 0.15) is 11.0 Å². The minimum atomic E-state index is -0.459. The fraction of sp³-hybridized carbons (Fsp3) is 0.286. The van der Waals surface area contributed by atoms with E-state index in [-0.39, 0.29) is 11.5 Å². The summed E-state index contributed by atoms with van der Waals surface area (Å²) < 4.78 is 12.0. The van der Waals surface area contributed by atoms with Crippen LogP contribution in [-0.4, -0.2) is 34.5 Å². The van der Waals surface area contributed by atoms with Crippen LogP contribution in [0.4, 0.5) is 0 Å². The molecule has 1 aromatic heterocycles. The van der Waals surface area contributed by atoms with Crippen LogP contribution in [0.15, 0.2) is 58.5 Å². The highest BCUT2D eigenvalue weighted by Gasteiger charge is 2.23. The molecule has 1 unspecified atom stereocenters. The summed E-state index contributed by atoms with van der Waals surface area (Å²) in [6.07, 6.45) is 0.555. The molecule has 28 heavy (non-hydrogen) atoms. The van der Waals surface area contributed by atoms with E-state index in [2.05, 4.69) is 4.98 Å². The predicted molar refractivity (Wildman–Crippen MR) is 110 cm³/mol. The van der Waals surface area contributed by atoms with E-state index in [0.29, 0.717) is 40.5 Å². The first-order valence-electron chi connectivity index (χ1n) is 9.08. The van der Waals surface area contributed by atoms with Gasteiger partial charge in [0.2, 0.25) is 0 Å². The van der Waals surface area contributed by atoms with Crippen molar-refractivity contribution in [3.05, 3.63) is 58.9 Å². The summed E-state index contributed by atoms with van der Waals surface area (Å²) in [5.41, 5.74) is 1.03. The highest BCUT2D eigenvalue weighted by atomic mass is 32.2. The van der Waals surface area contributed by atoms with E-state index in [9.17, 15) is 9.59 Å². The third kappa shape index (κ3) is 4.04. The standard InChI is InChI=1S/C21H22N2O4S/c1-4-18(20(25)26-3)28-21-22-17-12-7-6-11-16(17)19(24)23(21)14-9-8-10-15(13-14)27-5-2/h6-13,18H,4-5H2,1-3H3. The Balaban J connectivity index is 2.21. The van der Waals surface area contributed by atoms with Crippen LogP contribution in [0.1, 0.15) is 20.3 Å². The van der Waals surface area contributed by atoms with E-state index >= 15 is 0 Å². The Morgan fingerprint density at radius 3 is 2.68 bits per heavy atom. The molecule has 6 nitrogen and oxygen atoms in total. The molecule has 146 valence electrons. The van der Waals surface area contributed by atoms with E-state index in [1.165, 1.54) is 23.4 Å². The third-order valence-corrected chi connectivity index (χ3v) is 5.51. The molecule has 2 aromatic carbocycles. The van der Waals surface area contributed by atoms with Crippen LogP contribution < -0.4 is 10.3 Å². The zero-order valence-corrected chi connectivity index (χ0v) is 16.9. The number of fused-ring (bicyclic) bond motifs is 1. The lowest BCUT2D eigenvalue weighted by molar-refractivity contribution is -0.140. The lowest BCUT2D eigenvalue weighted by Crippen LogP contribution is -2.25. The van der Waals surface area contributed by atoms with Crippen LogP contribution in [0.2, 0.25) is 0 Å². The van der Waals surface area contributed by atoms with Gasteiger partial charge in [0.25, 0.3) is 5.56 Å². The summed E-state index contributed by atoms with van der Waals surface area (Å²) in [6, 6.07) is 14.5. The molecular weight excluding hydrogens is 376 g/mol. The molecule has 0 aliphatic rings. The quantitative estimate of drug-likeness (QED) is 0.342. The number of benzene rings is 2. The van der Waals surface area contributed by atoms with Crippen molar-refractivity contribution in [3.8, 4) is 11.4 Å². The average molecular weight is 398 g/mol. The molecule has 0 spiro atoms. The molecule has 0 bridgehead atoms. The SMILES string of the molecule is CCOc1cccc(-n2c(SC(CC)C(=O)OC)nc3ccccc3c2=O)c1. The van der Waals surface area contributed by atoms with Crippen LogP contribution >= 0.6 is 11.8 Å². The highest BCUT2D eigenvalue weighted by molar-refractivity contribution is 8.00. The molecule has 0 saturated carbocycles. The Hall–Kier alpha value is -2.80. The lowest BCUT2D eigenvalue weighted by Gasteiger charge is -2.17. The van der Waals surface area contributed by atoms with Gasteiger partial charge >= 0.3 is 5.97 Å². The van der Waals surface area contributed by atoms with Gasteiger partial charge in [0, 0.05) is 6.07 Å². The Kier molecular flexibility index (Phi) is 6.36. The Bertz CT molecular complexity index is 1050. The number of aromatic nitrogens is 2. The maximum Gasteiger partial charge on any atom is 0.319 e. The Morgan fingerprint density at radius 2 is 1.96 bits per heavy atom. The molecule has 0 N–H and O–H groups in total. The van der Waals surface area contributed by atoms with Crippen LogP contribution in [0.25, 0.3) is 16.6 Å². The van der Waals surface area contributed by atoms with E-state index < -0.39 is 5.25 Å². The van der Waals surface area contributed by atoms with Crippen molar-refractivity contribution in [1.82, 2.24) is 9.55 Å². The molecular formula is C21H22N2O4S. The summed E-state index contributed by atoms with van der Waals surface area (Å²) in [6.45, 7) is 4.32. The second-order valence-electron chi connectivity index (χ2n) is 6.02. The second kappa shape index (κ2) is 8.93. The molecule has 3 rings (SSSR count). The lowest BCUT2D eigenvalue weighted by atomic mass is 10.2. The number of esters is 1. The zero-order valence-electron chi connectivity index (χ0n) is 16.0.